The molecule has 2 aromatic carbocycles. The number of nitrogens with zero attached hydrogens (tertiary/aromatic N) is 2. The van der Waals surface area contributed by atoms with Gasteiger partial charge >= 0.3 is 0 Å². The standard InChI is InChI=1S/C27H34N4O4/c32-26(29-24-4-2-1-3-5-24)20-35-25-12-8-21(9-13-25)18-28-30-27(33)23-10-6-22(7-11-23)19-31-14-16-34-17-15-31/h6-13,18,24H,1-5,14-17,19-20H2,(H,29,32)(H,30,33)/b28-18-. The number of nitrogens with one attached hydrogen (secondary N) is 2. The van der Waals surface area contributed by atoms with E-state index >= 15 is 0 Å². The molecule has 1 aliphatic heterocycles. The van der Waals surface area contributed by atoms with E-state index in [0.29, 0.717) is 11.3 Å². The number of carbonyl (C=O) groups is 2. The molecule has 4 rings (SSSR count). The van der Waals surface area contributed by atoms with Crippen LogP contribution < -0.4 is 15.5 Å². The summed E-state index contributed by atoms with van der Waals surface area (Å²) in [5.41, 5.74) is 5.10. The van der Waals surface area contributed by atoms with Crippen LogP contribution in [0.3, 0.4) is 0 Å². The van der Waals surface area contributed by atoms with Crippen LogP contribution in [0.15, 0.2) is 53.6 Å². The van der Waals surface area contributed by atoms with E-state index in [9.17, 15) is 9.59 Å². The summed E-state index contributed by atoms with van der Waals surface area (Å²) in [4.78, 5) is 26.8. The van der Waals surface area contributed by atoms with Crippen LogP contribution in [-0.4, -0.2) is 61.9 Å². The summed E-state index contributed by atoms with van der Waals surface area (Å²) in [6, 6.07) is 15.1. The molecule has 8 nitrogen and oxygen atoms in total. The van der Waals surface area contributed by atoms with E-state index in [2.05, 4.69) is 20.7 Å². The molecule has 2 fully saturated rings. The fourth-order valence-corrected chi connectivity index (χ4v) is 4.32. The summed E-state index contributed by atoms with van der Waals surface area (Å²) in [6.45, 7) is 4.26. The molecule has 0 aromatic heterocycles. The Balaban J connectivity index is 1.18. The molecule has 35 heavy (non-hydrogen) atoms. The zero-order chi connectivity index (χ0) is 24.3. The van der Waals surface area contributed by atoms with Crippen LogP contribution in [0, 0.1) is 0 Å². The van der Waals surface area contributed by atoms with Crippen molar-refractivity contribution in [2.75, 3.05) is 32.9 Å². The largest absolute Gasteiger partial charge is 0.484 e. The lowest BCUT2D eigenvalue weighted by molar-refractivity contribution is -0.124. The molecule has 1 saturated carbocycles. The lowest BCUT2D eigenvalue weighted by Crippen LogP contribution is -2.38. The first-order valence-electron chi connectivity index (χ1n) is 12.4. The molecule has 8 heteroatoms. The van der Waals surface area contributed by atoms with Gasteiger partial charge in [-0.05, 0) is 60.4 Å². The van der Waals surface area contributed by atoms with E-state index in [1.807, 2.05) is 36.4 Å². The maximum Gasteiger partial charge on any atom is 0.271 e. The highest BCUT2D eigenvalue weighted by Gasteiger charge is 2.16. The lowest BCUT2D eigenvalue weighted by Gasteiger charge is -2.26. The summed E-state index contributed by atoms with van der Waals surface area (Å²) >= 11 is 0. The van der Waals surface area contributed by atoms with Gasteiger partial charge in [-0.25, -0.2) is 5.43 Å². The van der Waals surface area contributed by atoms with Crippen LogP contribution in [0.2, 0.25) is 0 Å². The minimum Gasteiger partial charge on any atom is -0.484 e. The highest BCUT2D eigenvalue weighted by molar-refractivity contribution is 5.94. The van der Waals surface area contributed by atoms with Crippen LogP contribution in [0.25, 0.3) is 0 Å². The van der Waals surface area contributed by atoms with Crippen LogP contribution in [0.4, 0.5) is 0 Å². The van der Waals surface area contributed by atoms with Gasteiger partial charge < -0.3 is 14.8 Å². The predicted molar refractivity (Wildman–Crippen MR) is 135 cm³/mol. The Bertz CT molecular complexity index is 979. The summed E-state index contributed by atoms with van der Waals surface area (Å²) in [5, 5.41) is 7.09. The Morgan fingerprint density at radius 1 is 1.00 bits per heavy atom. The zero-order valence-electron chi connectivity index (χ0n) is 20.1. The van der Waals surface area contributed by atoms with Gasteiger partial charge in [-0.15, -0.1) is 0 Å². The third-order valence-corrected chi connectivity index (χ3v) is 6.33. The molecule has 0 bridgehead atoms. The van der Waals surface area contributed by atoms with E-state index in [-0.39, 0.29) is 24.5 Å². The second kappa shape index (κ2) is 13.0. The third-order valence-electron chi connectivity index (χ3n) is 6.33. The van der Waals surface area contributed by atoms with Gasteiger partial charge in [0, 0.05) is 31.2 Å². The first-order valence-corrected chi connectivity index (χ1v) is 12.4. The SMILES string of the molecule is O=C(COc1ccc(/C=N\NC(=O)c2ccc(CN3CCOCC3)cc2)cc1)NC1CCCCC1. The first-order chi connectivity index (χ1) is 17.2. The lowest BCUT2D eigenvalue weighted by atomic mass is 9.95. The Morgan fingerprint density at radius 2 is 1.71 bits per heavy atom. The minimum atomic E-state index is -0.261. The Hall–Kier alpha value is -3.23. The second-order valence-electron chi connectivity index (χ2n) is 9.04. The average Bonchev–Trinajstić information content (AvgIpc) is 2.90. The molecule has 2 aromatic rings. The molecule has 2 N–H and O–H groups in total. The van der Waals surface area contributed by atoms with Crippen molar-refractivity contribution in [3.05, 3.63) is 65.2 Å². The highest BCUT2D eigenvalue weighted by atomic mass is 16.5. The van der Waals surface area contributed by atoms with Crippen molar-refractivity contribution in [3.8, 4) is 5.75 Å². The molecule has 0 radical (unpaired) electrons. The summed E-state index contributed by atoms with van der Waals surface area (Å²) in [5.74, 6) is 0.268. The monoisotopic (exact) mass is 478 g/mol. The van der Waals surface area contributed by atoms with E-state index < -0.39 is 0 Å². The van der Waals surface area contributed by atoms with Crippen LogP contribution in [0.1, 0.15) is 53.6 Å². The van der Waals surface area contributed by atoms with Gasteiger partial charge in [-0.3, -0.25) is 14.5 Å². The normalized spacial score (nSPS) is 17.3. The molecule has 1 saturated heterocycles. The molecule has 186 valence electrons. The number of ether oxygens (including phenoxy) is 2. The van der Waals surface area contributed by atoms with E-state index in [4.69, 9.17) is 9.47 Å². The number of hydrogen-bond acceptors (Lipinski definition) is 6. The smallest absolute Gasteiger partial charge is 0.271 e. The molecule has 1 aliphatic carbocycles. The van der Waals surface area contributed by atoms with Gasteiger partial charge in [0.1, 0.15) is 5.75 Å². The maximum absolute atomic E-state index is 12.4. The Kier molecular flexibility index (Phi) is 9.25. The third kappa shape index (κ3) is 8.19. The van der Waals surface area contributed by atoms with Gasteiger partial charge in [0.05, 0.1) is 19.4 Å². The number of rotatable bonds is 9. The van der Waals surface area contributed by atoms with Crippen molar-refractivity contribution < 1.29 is 19.1 Å². The van der Waals surface area contributed by atoms with E-state index in [1.165, 1.54) is 24.8 Å². The Labute approximate surface area is 206 Å². The number of hydrogen-bond donors (Lipinski definition) is 2. The van der Waals surface area contributed by atoms with E-state index in [0.717, 1.165) is 51.3 Å². The fraction of sp³-hybridized carbons (Fsp3) is 0.444. The van der Waals surface area contributed by atoms with Crippen molar-refractivity contribution in [3.63, 3.8) is 0 Å². The van der Waals surface area contributed by atoms with Crippen molar-refractivity contribution in [1.29, 1.82) is 0 Å². The maximum atomic E-state index is 12.4. The van der Waals surface area contributed by atoms with Gasteiger partial charge in [0.25, 0.3) is 11.8 Å². The van der Waals surface area contributed by atoms with Crippen molar-refractivity contribution in [2.24, 2.45) is 5.10 Å². The van der Waals surface area contributed by atoms with Crippen LogP contribution >= 0.6 is 0 Å². The number of carbonyl (C=O) groups excluding carboxylic acids is 2. The van der Waals surface area contributed by atoms with Gasteiger partial charge in [0.15, 0.2) is 6.61 Å². The van der Waals surface area contributed by atoms with Gasteiger partial charge in [-0.2, -0.15) is 5.10 Å². The molecular formula is C27H34N4O4. The Morgan fingerprint density at radius 3 is 2.43 bits per heavy atom. The van der Waals surface area contributed by atoms with E-state index in [1.54, 1.807) is 18.3 Å². The highest BCUT2D eigenvalue weighted by Crippen LogP contribution is 2.17. The minimum absolute atomic E-state index is 0.00519. The summed E-state index contributed by atoms with van der Waals surface area (Å²) in [6.07, 6.45) is 7.29. The number of morpholine rings is 1. The van der Waals surface area contributed by atoms with Gasteiger partial charge in [-0.1, -0.05) is 31.4 Å². The first kappa shape index (κ1) is 24.9. The predicted octanol–water partition coefficient (Wildman–Crippen LogP) is 3.11. The molecule has 1 heterocycles. The van der Waals surface area contributed by atoms with Crippen molar-refractivity contribution in [1.82, 2.24) is 15.6 Å². The molecule has 2 amide bonds. The van der Waals surface area contributed by atoms with Crippen LogP contribution in [0.5, 0.6) is 5.75 Å². The molecule has 2 aliphatic rings. The summed E-state index contributed by atoms with van der Waals surface area (Å²) in [7, 11) is 0. The number of amides is 2. The molecule has 0 spiro atoms. The zero-order valence-corrected chi connectivity index (χ0v) is 20.1. The fourth-order valence-electron chi connectivity index (χ4n) is 4.32. The molecular weight excluding hydrogens is 444 g/mol. The average molecular weight is 479 g/mol. The molecule has 0 unspecified atom stereocenters. The number of benzene rings is 2. The van der Waals surface area contributed by atoms with Crippen molar-refractivity contribution in [2.45, 2.75) is 44.7 Å². The molecule has 0 atom stereocenters. The topological polar surface area (TPSA) is 92.3 Å². The number of hydrazone groups is 1. The van der Waals surface area contributed by atoms with Crippen molar-refractivity contribution >= 4 is 18.0 Å². The summed E-state index contributed by atoms with van der Waals surface area (Å²) < 4.78 is 11.0. The quantitative estimate of drug-likeness (QED) is 0.427. The van der Waals surface area contributed by atoms with Crippen LogP contribution in [-0.2, 0) is 16.1 Å². The second-order valence-corrected chi connectivity index (χ2v) is 9.04. The van der Waals surface area contributed by atoms with Gasteiger partial charge in [0.2, 0.25) is 0 Å².